The Labute approximate surface area is 134 Å². The van der Waals surface area contributed by atoms with E-state index in [0.29, 0.717) is 5.92 Å². The molecule has 6 nitrogen and oxygen atoms in total. The second-order valence-corrected chi connectivity index (χ2v) is 5.87. The molecule has 1 aliphatic heterocycles. The second kappa shape index (κ2) is 6.16. The molecule has 120 valence electrons. The Morgan fingerprint density at radius 2 is 1.96 bits per heavy atom. The van der Waals surface area contributed by atoms with Crippen LogP contribution in [0.25, 0.3) is 0 Å². The molecule has 1 aromatic rings. The fourth-order valence-electron chi connectivity index (χ4n) is 3.11. The largest absolute Gasteiger partial charge is 0.504 e. The van der Waals surface area contributed by atoms with Crippen LogP contribution >= 0.6 is 0 Å². The number of urea groups is 1. The van der Waals surface area contributed by atoms with Crippen molar-refractivity contribution in [2.75, 3.05) is 0 Å². The Kier molecular flexibility index (Phi) is 4.06. The number of aliphatic hydroxyl groups is 1. The monoisotopic (exact) mass is 313 g/mol. The first kappa shape index (κ1) is 15.1. The van der Waals surface area contributed by atoms with Crippen LogP contribution < -0.4 is 16.0 Å². The van der Waals surface area contributed by atoms with Gasteiger partial charge >= 0.3 is 6.03 Å². The zero-order valence-electron chi connectivity index (χ0n) is 12.6. The van der Waals surface area contributed by atoms with Gasteiger partial charge in [-0.3, -0.25) is 10.1 Å². The third-order valence-corrected chi connectivity index (χ3v) is 4.29. The van der Waals surface area contributed by atoms with E-state index < -0.39 is 11.9 Å². The Morgan fingerprint density at radius 1 is 1.22 bits per heavy atom. The lowest BCUT2D eigenvalue weighted by Gasteiger charge is -2.21. The van der Waals surface area contributed by atoms with Gasteiger partial charge in [-0.2, -0.15) is 0 Å². The van der Waals surface area contributed by atoms with Gasteiger partial charge in [-0.1, -0.05) is 36.9 Å². The van der Waals surface area contributed by atoms with E-state index in [1.165, 1.54) is 5.56 Å². The summed E-state index contributed by atoms with van der Waals surface area (Å²) in [7, 11) is 0. The first-order valence-corrected chi connectivity index (χ1v) is 7.61. The second-order valence-electron chi connectivity index (χ2n) is 5.87. The molecule has 1 heterocycles. The van der Waals surface area contributed by atoms with Crippen LogP contribution in [0.3, 0.4) is 0 Å². The molecular weight excluding hydrogens is 294 g/mol. The molecule has 1 fully saturated rings. The van der Waals surface area contributed by atoms with Crippen LogP contribution in [0, 0.1) is 0 Å². The van der Waals surface area contributed by atoms with Crippen molar-refractivity contribution >= 4 is 11.9 Å². The predicted octanol–water partition coefficient (Wildman–Crippen LogP) is 2.03. The summed E-state index contributed by atoms with van der Waals surface area (Å²) in [6.45, 7) is 3.50. The van der Waals surface area contributed by atoms with Gasteiger partial charge in [0, 0.05) is 6.04 Å². The molecule has 0 unspecified atom stereocenters. The third-order valence-electron chi connectivity index (χ3n) is 4.29. The van der Waals surface area contributed by atoms with Crippen molar-refractivity contribution in [2.24, 2.45) is 0 Å². The average Bonchev–Trinajstić information content (AvgIpc) is 3.00. The van der Waals surface area contributed by atoms with Crippen molar-refractivity contribution in [3.8, 4) is 0 Å². The summed E-state index contributed by atoms with van der Waals surface area (Å²) >= 11 is 0. The summed E-state index contributed by atoms with van der Waals surface area (Å²) in [5.74, 6) is -0.404. The van der Waals surface area contributed by atoms with Crippen LogP contribution in [0.4, 0.5) is 4.79 Å². The maximum Gasteiger partial charge on any atom is 0.324 e. The summed E-state index contributed by atoms with van der Waals surface area (Å²) in [4.78, 5) is 23.7. The van der Waals surface area contributed by atoms with E-state index in [1.54, 1.807) is 0 Å². The van der Waals surface area contributed by atoms with Crippen molar-refractivity contribution in [1.29, 1.82) is 0 Å². The molecule has 2 aliphatic rings. The normalized spacial score (nSPS) is 24.2. The molecular formula is C17H19N3O3. The van der Waals surface area contributed by atoms with Gasteiger partial charge in [-0.25, -0.2) is 4.79 Å². The van der Waals surface area contributed by atoms with Crippen molar-refractivity contribution in [1.82, 2.24) is 16.0 Å². The van der Waals surface area contributed by atoms with Crippen LogP contribution in [-0.2, 0) is 4.79 Å². The number of hydrogen-bond donors (Lipinski definition) is 4. The quantitative estimate of drug-likeness (QED) is 0.688. The highest BCUT2D eigenvalue weighted by atomic mass is 16.3. The van der Waals surface area contributed by atoms with Gasteiger partial charge in [-0.15, -0.1) is 0 Å². The number of carbonyl (C=O) groups is 2. The summed E-state index contributed by atoms with van der Waals surface area (Å²) in [6, 6.07) is 9.65. The van der Waals surface area contributed by atoms with Crippen molar-refractivity contribution in [3.63, 3.8) is 0 Å². The smallest absolute Gasteiger partial charge is 0.324 e. The van der Waals surface area contributed by atoms with Crippen LogP contribution in [0.2, 0.25) is 0 Å². The van der Waals surface area contributed by atoms with E-state index in [4.69, 9.17) is 0 Å². The van der Waals surface area contributed by atoms with Gasteiger partial charge in [0.2, 0.25) is 0 Å². The van der Waals surface area contributed by atoms with Crippen molar-refractivity contribution < 1.29 is 14.7 Å². The van der Waals surface area contributed by atoms with Gasteiger partial charge in [-0.05, 0) is 30.7 Å². The van der Waals surface area contributed by atoms with Gasteiger partial charge < -0.3 is 15.7 Å². The zero-order valence-corrected chi connectivity index (χ0v) is 12.6. The fourth-order valence-corrected chi connectivity index (χ4v) is 3.11. The van der Waals surface area contributed by atoms with E-state index in [1.807, 2.05) is 18.2 Å². The Balaban J connectivity index is 1.64. The molecule has 23 heavy (non-hydrogen) atoms. The number of aliphatic hydroxyl groups excluding tert-OH is 1. The molecule has 6 heteroatoms. The first-order chi connectivity index (χ1) is 11.0. The van der Waals surface area contributed by atoms with E-state index in [0.717, 1.165) is 19.3 Å². The first-order valence-electron chi connectivity index (χ1n) is 7.61. The van der Waals surface area contributed by atoms with Crippen LogP contribution in [0.1, 0.15) is 30.7 Å². The number of amides is 3. The highest BCUT2D eigenvalue weighted by Crippen LogP contribution is 2.34. The topological polar surface area (TPSA) is 90.5 Å². The average molecular weight is 313 g/mol. The maximum atomic E-state index is 12.3. The van der Waals surface area contributed by atoms with Gasteiger partial charge in [0.05, 0.1) is 5.70 Å². The molecule has 1 aliphatic carbocycles. The number of benzene rings is 1. The van der Waals surface area contributed by atoms with E-state index in [-0.39, 0.29) is 23.2 Å². The van der Waals surface area contributed by atoms with Crippen molar-refractivity contribution in [2.45, 2.75) is 31.2 Å². The summed E-state index contributed by atoms with van der Waals surface area (Å²) < 4.78 is 0. The zero-order chi connectivity index (χ0) is 16.4. The standard InChI is InChI=1S/C17H19N3O3/c1-10-15(21)14(20-17(23)18-10)16(22)19-13-8-7-12(9-13)11-5-3-2-4-6-11/h2-6,12-13,21H,1,7-9H2,(H,19,22)(H2,18,20,23)/t12-,13-/m0/s1. The Bertz CT molecular complexity index is 682. The van der Waals surface area contributed by atoms with Crippen LogP contribution in [-0.4, -0.2) is 23.1 Å². The predicted molar refractivity (Wildman–Crippen MR) is 85.4 cm³/mol. The van der Waals surface area contributed by atoms with Gasteiger partial charge in [0.25, 0.3) is 5.91 Å². The molecule has 1 saturated carbocycles. The number of nitrogens with one attached hydrogen (secondary N) is 3. The maximum absolute atomic E-state index is 12.3. The summed E-state index contributed by atoms with van der Waals surface area (Å²) in [6.07, 6.45) is 2.71. The van der Waals surface area contributed by atoms with Gasteiger partial charge in [0.15, 0.2) is 11.5 Å². The minimum Gasteiger partial charge on any atom is -0.504 e. The minimum atomic E-state index is -0.577. The lowest BCUT2D eigenvalue weighted by Crippen LogP contribution is -2.47. The fraction of sp³-hybridized carbons (Fsp3) is 0.294. The lowest BCUT2D eigenvalue weighted by atomic mass is 9.98. The molecule has 3 rings (SSSR count). The molecule has 0 bridgehead atoms. The lowest BCUT2D eigenvalue weighted by molar-refractivity contribution is -0.118. The Hall–Kier alpha value is -2.76. The number of rotatable bonds is 3. The highest BCUT2D eigenvalue weighted by molar-refractivity contribution is 6.00. The van der Waals surface area contributed by atoms with Crippen molar-refractivity contribution in [3.05, 3.63) is 59.6 Å². The summed E-state index contributed by atoms with van der Waals surface area (Å²) in [5.41, 5.74) is 1.14. The molecule has 3 amide bonds. The van der Waals surface area contributed by atoms with Gasteiger partial charge in [0.1, 0.15) is 0 Å². The minimum absolute atomic E-state index is 0.0208. The number of carbonyl (C=O) groups excluding carboxylic acids is 2. The summed E-state index contributed by atoms with van der Waals surface area (Å²) in [5, 5.41) is 17.4. The van der Waals surface area contributed by atoms with E-state index in [9.17, 15) is 14.7 Å². The third kappa shape index (κ3) is 3.21. The molecule has 1 aromatic carbocycles. The highest BCUT2D eigenvalue weighted by Gasteiger charge is 2.30. The van der Waals surface area contributed by atoms with Crippen LogP contribution in [0.15, 0.2) is 54.1 Å². The molecule has 4 N–H and O–H groups in total. The number of hydrogen-bond acceptors (Lipinski definition) is 3. The molecule has 0 radical (unpaired) electrons. The molecule has 0 saturated heterocycles. The molecule has 0 spiro atoms. The molecule has 2 atom stereocenters. The SMILES string of the molecule is C=C1NC(=O)NC(C(=O)N[C@H]2CC[C@H](c3ccccc3)C2)=C1O. The molecule has 0 aromatic heterocycles. The van der Waals surface area contributed by atoms with Crippen LogP contribution in [0.5, 0.6) is 0 Å². The van der Waals surface area contributed by atoms with E-state index >= 15 is 0 Å². The Morgan fingerprint density at radius 3 is 2.70 bits per heavy atom. The van der Waals surface area contributed by atoms with E-state index in [2.05, 4.69) is 34.7 Å².